The summed E-state index contributed by atoms with van der Waals surface area (Å²) in [6.07, 6.45) is -4.27. The van der Waals surface area contributed by atoms with E-state index < -0.39 is 18.8 Å². The maximum atomic E-state index is 12.1. The lowest BCUT2D eigenvalue weighted by atomic mass is 9.99. The second kappa shape index (κ2) is 5.51. The van der Waals surface area contributed by atoms with E-state index in [0.29, 0.717) is 5.56 Å². The van der Waals surface area contributed by atoms with Crippen LogP contribution in [0.1, 0.15) is 22.7 Å². The van der Waals surface area contributed by atoms with Crippen LogP contribution in [0.4, 0.5) is 13.2 Å². The SMILES string of the molecule is Cc1ccc(C(CO)NCC(F)(F)F)c(C)c1. The van der Waals surface area contributed by atoms with Crippen molar-refractivity contribution in [3.8, 4) is 0 Å². The number of aliphatic hydroxyl groups is 1. The Labute approximate surface area is 98.5 Å². The van der Waals surface area contributed by atoms with E-state index in [4.69, 9.17) is 5.11 Å². The Morgan fingerprint density at radius 3 is 2.41 bits per heavy atom. The minimum Gasteiger partial charge on any atom is -0.394 e. The van der Waals surface area contributed by atoms with Crippen molar-refractivity contribution in [2.75, 3.05) is 13.2 Å². The highest BCUT2D eigenvalue weighted by Gasteiger charge is 2.28. The van der Waals surface area contributed by atoms with Crippen molar-refractivity contribution >= 4 is 0 Å². The molecule has 1 atom stereocenters. The predicted molar refractivity (Wildman–Crippen MR) is 59.8 cm³/mol. The van der Waals surface area contributed by atoms with Gasteiger partial charge in [0.1, 0.15) is 0 Å². The Balaban J connectivity index is 2.79. The predicted octanol–water partition coefficient (Wildman–Crippen LogP) is 2.49. The number of aliphatic hydroxyl groups excluding tert-OH is 1. The van der Waals surface area contributed by atoms with Gasteiger partial charge >= 0.3 is 6.18 Å². The molecule has 0 saturated carbocycles. The van der Waals surface area contributed by atoms with Crippen molar-refractivity contribution in [3.05, 3.63) is 34.9 Å². The highest BCUT2D eigenvalue weighted by molar-refractivity contribution is 5.32. The molecule has 2 N–H and O–H groups in total. The lowest BCUT2D eigenvalue weighted by Crippen LogP contribution is -2.34. The molecule has 0 fully saturated rings. The van der Waals surface area contributed by atoms with E-state index in [-0.39, 0.29) is 6.61 Å². The summed E-state index contributed by atoms with van der Waals surface area (Å²) in [6, 6.07) is 4.76. The molecule has 0 aliphatic rings. The van der Waals surface area contributed by atoms with Gasteiger partial charge in [0.2, 0.25) is 0 Å². The van der Waals surface area contributed by atoms with Crippen molar-refractivity contribution in [1.29, 1.82) is 0 Å². The van der Waals surface area contributed by atoms with E-state index in [0.717, 1.165) is 11.1 Å². The summed E-state index contributed by atoms with van der Waals surface area (Å²) in [5, 5.41) is 11.5. The van der Waals surface area contributed by atoms with Crippen LogP contribution in [-0.4, -0.2) is 24.4 Å². The van der Waals surface area contributed by atoms with Crippen LogP contribution in [0.3, 0.4) is 0 Å². The van der Waals surface area contributed by atoms with Crippen LogP contribution >= 0.6 is 0 Å². The Kier molecular flexibility index (Phi) is 4.54. The molecule has 0 heterocycles. The van der Waals surface area contributed by atoms with Crippen molar-refractivity contribution in [1.82, 2.24) is 5.32 Å². The molecule has 1 aromatic carbocycles. The molecule has 96 valence electrons. The molecular weight excluding hydrogens is 231 g/mol. The Bertz CT molecular complexity index is 377. The lowest BCUT2D eigenvalue weighted by Gasteiger charge is -2.20. The first-order valence-electron chi connectivity index (χ1n) is 5.31. The fraction of sp³-hybridized carbons (Fsp3) is 0.500. The standard InChI is InChI=1S/C12H16F3NO/c1-8-3-4-10(9(2)5-8)11(6-17)16-7-12(13,14)15/h3-5,11,16-17H,6-7H2,1-2H3. The van der Waals surface area contributed by atoms with Crippen LogP contribution in [0.2, 0.25) is 0 Å². The monoisotopic (exact) mass is 247 g/mol. The molecule has 5 heteroatoms. The highest BCUT2D eigenvalue weighted by Crippen LogP contribution is 2.20. The number of benzene rings is 1. The van der Waals surface area contributed by atoms with Gasteiger partial charge in [0, 0.05) is 0 Å². The van der Waals surface area contributed by atoms with Gasteiger partial charge < -0.3 is 5.11 Å². The summed E-state index contributed by atoms with van der Waals surface area (Å²) >= 11 is 0. The minimum absolute atomic E-state index is 0.361. The largest absolute Gasteiger partial charge is 0.401 e. The molecule has 1 rings (SSSR count). The smallest absolute Gasteiger partial charge is 0.394 e. The summed E-state index contributed by atoms with van der Waals surface area (Å²) in [5.41, 5.74) is 2.61. The maximum Gasteiger partial charge on any atom is 0.401 e. The third kappa shape index (κ3) is 4.36. The van der Waals surface area contributed by atoms with Gasteiger partial charge in [-0.15, -0.1) is 0 Å². The molecule has 0 aliphatic heterocycles. The number of hydrogen-bond acceptors (Lipinski definition) is 2. The van der Waals surface area contributed by atoms with Crippen LogP contribution in [0.25, 0.3) is 0 Å². The maximum absolute atomic E-state index is 12.1. The Hall–Kier alpha value is -1.07. The van der Waals surface area contributed by atoms with E-state index in [1.54, 1.807) is 6.07 Å². The van der Waals surface area contributed by atoms with Crippen LogP contribution in [0, 0.1) is 13.8 Å². The average molecular weight is 247 g/mol. The lowest BCUT2D eigenvalue weighted by molar-refractivity contribution is -0.126. The second-order valence-corrected chi connectivity index (χ2v) is 4.09. The first-order valence-corrected chi connectivity index (χ1v) is 5.31. The average Bonchev–Trinajstić information content (AvgIpc) is 2.19. The fourth-order valence-corrected chi connectivity index (χ4v) is 1.73. The molecule has 0 spiro atoms. The molecule has 0 saturated heterocycles. The van der Waals surface area contributed by atoms with E-state index in [1.807, 2.05) is 26.0 Å². The van der Waals surface area contributed by atoms with Crippen molar-refractivity contribution in [2.24, 2.45) is 0 Å². The summed E-state index contributed by atoms with van der Waals surface area (Å²) in [6.45, 7) is 2.26. The van der Waals surface area contributed by atoms with E-state index in [2.05, 4.69) is 5.32 Å². The molecule has 0 amide bonds. The molecule has 0 aromatic heterocycles. The normalized spacial score (nSPS) is 13.8. The van der Waals surface area contributed by atoms with Crippen molar-refractivity contribution in [2.45, 2.75) is 26.1 Å². The molecule has 0 radical (unpaired) electrons. The molecule has 0 bridgehead atoms. The van der Waals surface area contributed by atoms with E-state index >= 15 is 0 Å². The number of aryl methyl sites for hydroxylation is 2. The topological polar surface area (TPSA) is 32.3 Å². The third-order valence-electron chi connectivity index (χ3n) is 2.53. The van der Waals surface area contributed by atoms with Gasteiger partial charge in [0.15, 0.2) is 0 Å². The quantitative estimate of drug-likeness (QED) is 0.856. The third-order valence-corrected chi connectivity index (χ3v) is 2.53. The first kappa shape index (κ1) is 14.0. The number of nitrogens with one attached hydrogen (secondary N) is 1. The van der Waals surface area contributed by atoms with Gasteiger partial charge in [-0.3, -0.25) is 5.32 Å². The summed E-state index contributed by atoms with van der Waals surface area (Å²) < 4.78 is 36.3. The number of hydrogen-bond donors (Lipinski definition) is 2. The van der Waals surface area contributed by atoms with Crippen molar-refractivity contribution < 1.29 is 18.3 Å². The Morgan fingerprint density at radius 2 is 1.94 bits per heavy atom. The molecule has 17 heavy (non-hydrogen) atoms. The van der Waals surface area contributed by atoms with E-state index in [9.17, 15) is 13.2 Å². The fourth-order valence-electron chi connectivity index (χ4n) is 1.73. The summed E-state index contributed by atoms with van der Waals surface area (Å²) in [4.78, 5) is 0. The highest BCUT2D eigenvalue weighted by atomic mass is 19.4. The van der Waals surface area contributed by atoms with Gasteiger partial charge in [-0.1, -0.05) is 23.8 Å². The minimum atomic E-state index is -4.27. The Morgan fingerprint density at radius 1 is 1.29 bits per heavy atom. The number of halogens is 3. The molecule has 1 aromatic rings. The molecule has 1 unspecified atom stereocenters. The van der Waals surface area contributed by atoms with Crippen molar-refractivity contribution in [3.63, 3.8) is 0 Å². The van der Waals surface area contributed by atoms with Gasteiger partial charge in [0.05, 0.1) is 19.2 Å². The molecular formula is C12H16F3NO. The number of rotatable bonds is 4. The summed E-state index contributed by atoms with van der Waals surface area (Å²) in [7, 11) is 0. The van der Waals surface area contributed by atoms with Crippen LogP contribution in [-0.2, 0) is 0 Å². The number of alkyl halides is 3. The zero-order chi connectivity index (χ0) is 13.1. The van der Waals surface area contributed by atoms with Gasteiger partial charge in [-0.05, 0) is 25.0 Å². The first-order chi connectivity index (χ1) is 7.83. The zero-order valence-corrected chi connectivity index (χ0v) is 9.80. The van der Waals surface area contributed by atoms with E-state index in [1.165, 1.54) is 0 Å². The molecule has 0 aliphatic carbocycles. The zero-order valence-electron chi connectivity index (χ0n) is 9.80. The van der Waals surface area contributed by atoms with Gasteiger partial charge in [0.25, 0.3) is 0 Å². The van der Waals surface area contributed by atoms with Gasteiger partial charge in [-0.25, -0.2) is 0 Å². The second-order valence-electron chi connectivity index (χ2n) is 4.09. The van der Waals surface area contributed by atoms with Crippen LogP contribution in [0.15, 0.2) is 18.2 Å². The van der Waals surface area contributed by atoms with Gasteiger partial charge in [-0.2, -0.15) is 13.2 Å². The van der Waals surface area contributed by atoms with Crippen LogP contribution < -0.4 is 5.32 Å². The van der Waals surface area contributed by atoms with Crippen LogP contribution in [0.5, 0.6) is 0 Å². The molecule has 2 nitrogen and oxygen atoms in total. The summed E-state index contributed by atoms with van der Waals surface area (Å²) in [5.74, 6) is 0.